The first kappa shape index (κ1) is 14.7. The van der Waals surface area contributed by atoms with Crippen LogP contribution in [0.2, 0.25) is 5.02 Å². The first-order valence-electron chi connectivity index (χ1n) is 6.69. The Morgan fingerprint density at radius 1 is 1.36 bits per heavy atom. The largest absolute Gasteiger partial charge is 0.349 e. The molecule has 0 atom stereocenters. The minimum absolute atomic E-state index is 0.129. The van der Waals surface area contributed by atoms with Gasteiger partial charge in [0.2, 0.25) is 0 Å². The fraction of sp³-hybridized carbons (Fsp3) is 0.133. The van der Waals surface area contributed by atoms with Gasteiger partial charge in [-0.3, -0.25) is 4.79 Å². The number of imidazole rings is 1. The molecule has 112 valence electrons. The van der Waals surface area contributed by atoms with E-state index in [-0.39, 0.29) is 5.91 Å². The molecule has 0 saturated carbocycles. The van der Waals surface area contributed by atoms with Gasteiger partial charge in [0.25, 0.3) is 5.91 Å². The van der Waals surface area contributed by atoms with Crippen molar-refractivity contribution in [2.45, 2.75) is 6.54 Å². The lowest BCUT2D eigenvalue weighted by atomic mass is 10.2. The van der Waals surface area contributed by atoms with Crippen molar-refractivity contribution in [3.63, 3.8) is 0 Å². The number of aromatic nitrogens is 3. The van der Waals surface area contributed by atoms with Crippen molar-refractivity contribution < 1.29 is 4.79 Å². The zero-order valence-electron chi connectivity index (χ0n) is 11.6. The summed E-state index contributed by atoms with van der Waals surface area (Å²) in [5.41, 5.74) is 0.839. The van der Waals surface area contributed by atoms with E-state index in [1.165, 1.54) is 11.3 Å². The minimum atomic E-state index is -0.129. The molecule has 0 aliphatic carbocycles. The number of benzene rings is 1. The Morgan fingerprint density at radius 3 is 3.00 bits per heavy atom. The van der Waals surface area contributed by atoms with Crippen molar-refractivity contribution in [3.05, 3.63) is 59.1 Å². The van der Waals surface area contributed by atoms with Gasteiger partial charge >= 0.3 is 0 Å². The summed E-state index contributed by atoms with van der Waals surface area (Å²) in [6.45, 7) is 1.22. The third kappa shape index (κ3) is 3.35. The van der Waals surface area contributed by atoms with Gasteiger partial charge in [-0.2, -0.15) is 0 Å². The molecule has 0 unspecified atom stereocenters. The lowest BCUT2D eigenvalue weighted by Gasteiger charge is -2.03. The first-order valence-corrected chi connectivity index (χ1v) is 7.88. The van der Waals surface area contributed by atoms with Crippen LogP contribution in [-0.2, 0) is 6.54 Å². The fourth-order valence-corrected chi connectivity index (χ4v) is 3.10. The molecule has 0 aliphatic heterocycles. The normalized spacial score (nSPS) is 10.6. The highest BCUT2D eigenvalue weighted by Crippen LogP contribution is 2.30. The van der Waals surface area contributed by atoms with Crippen LogP contribution >= 0.6 is 22.9 Å². The molecule has 0 aliphatic rings. The van der Waals surface area contributed by atoms with E-state index in [1.807, 2.05) is 35.0 Å². The molecular weight excluding hydrogens is 320 g/mol. The highest BCUT2D eigenvalue weighted by Gasteiger charge is 2.12. The summed E-state index contributed by atoms with van der Waals surface area (Å²) >= 11 is 7.48. The summed E-state index contributed by atoms with van der Waals surface area (Å²) < 4.78 is 1.90. The van der Waals surface area contributed by atoms with Crippen molar-refractivity contribution in [1.29, 1.82) is 0 Å². The van der Waals surface area contributed by atoms with Gasteiger partial charge in [0.1, 0.15) is 9.88 Å². The lowest BCUT2D eigenvalue weighted by molar-refractivity contribution is 0.0956. The van der Waals surface area contributed by atoms with E-state index in [9.17, 15) is 4.79 Å². The number of rotatable bonds is 5. The van der Waals surface area contributed by atoms with Gasteiger partial charge in [0, 0.05) is 31.0 Å². The number of thiazole rings is 1. The summed E-state index contributed by atoms with van der Waals surface area (Å²) in [6, 6.07) is 7.46. The average Bonchev–Trinajstić information content (AvgIpc) is 3.19. The molecule has 0 radical (unpaired) electrons. The van der Waals surface area contributed by atoms with Crippen LogP contribution in [0.4, 0.5) is 0 Å². The van der Waals surface area contributed by atoms with E-state index >= 15 is 0 Å². The molecule has 0 bridgehead atoms. The molecule has 5 nitrogen and oxygen atoms in total. The number of nitrogens with zero attached hydrogens (tertiary/aromatic N) is 3. The Labute approximate surface area is 136 Å². The van der Waals surface area contributed by atoms with Crippen LogP contribution in [0.15, 0.2) is 49.2 Å². The number of carbonyl (C=O) groups excluding carboxylic acids is 1. The Morgan fingerprint density at radius 2 is 2.23 bits per heavy atom. The molecule has 2 heterocycles. The molecule has 2 aromatic heterocycles. The maximum atomic E-state index is 12.1. The van der Waals surface area contributed by atoms with Gasteiger partial charge in [-0.25, -0.2) is 9.97 Å². The third-order valence-electron chi connectivity index (χ3n) is 3.05. The molecule has 1 N–H and O–H groups in total. The second kappa shape index (κ2) is 6.72. The van der Waals surface area contributed by atoms with Crippen molar-refractivity contribution in [3.8, 4) is 10.6 Å². The predicted molar refractivity (Wildman–Crippen MR) is 87.1 cm³/mol. The second-order valence-corrected chi connectivity index (χ2v) is 6.00. The number of amides is 1. The highest BCUT2D eigenvalue weighted by molar-refractivity contribution is 7.17. The van der Waals surface area contributed by atoms with E-state index in [4.69, 9.17) is 11.6 Å². The van der Waals surface area contributed by atoms with Crippen molar-refractivity contribution in [2.75, 3.05) is 6.54 Å². The van der Waals surface area contributed by atoms with Gasteiger partial charge in [-0.05, 0) is 6.07 Å². The van der Waals surface area contributed by atoms with Gasteiger partial charge < -0.3 is 9.88 Å². The highest BCUT2D eigenvalue weighted by atomic mass is 35.5. The van der Waals surface area contributed by atoms with Crippen LogP contribution in [0.3, 0.4) is 0 Å². The monoisotopic (exact) mass is 332 g/mol. The molecule has 7 heteroatoms. The number of nitrogens with one attached hydrogen (secondary N) is 1. The van der Waals surface area contributed by atoms with Crippen molar-refractivity contribution in [1.82, 2.24) is 19.9 Å². The van der Waals surface area contributed by atoms with Crippen LogP contribution in [0.5, 0.6) is 0 Å². The van der Waals surface area contributed by atoms with Gasteiger partial charge in [0.05, 0.1) is 17.5 Å². The summed E-state index contributed by atoms with van der Waals surface area (Å²) in [7, 11) is 0. The molecule has 3 rings (SSSR count). The van der Waals surface area contributed by atoms with Crippen LogP contribution in [0.25, 0.3) is 10.6 Å². The number of hydrogen-bond acceptors (Lipinski definition) is 4. The van der Waals surface area contributed by atoms with Crippen molar-refractivity contribution >= 4 is 28.8 Å². The van der Waals surface area contributed by atoms with E-state index in [2.05, 4.69) is 15.3 Å². The van der Waals surface area contributed by atoms with Crippen molar-refractivity contribution in [2.24, 2.45) is 0 Å². The summed E-state index contributed by atoms with van der Waals surface area (Å²) in [5, 5.41) is 4.24. The first-order chi connectivity index (χ1) is 10.7. The van der Waals surface area contributed by atoms with E-state index < -0.39 is 0 Å². The molecule has 22 heavy (non-hydrogen) atoms. The Hall–Kier alpha value is -2.18. The van der Waals surface area contributed by atoms with Gasteiger partial charge in [-0.15, -0.1) is 11.3 Å². The standard InChI is InChI=1S/C15H13ClN4OS/c16-12-4-2-1-3-11(12)15-19-9-13(22-15)14(21)18-6-8-20-7-5-17-10-20/h1-5,7,9-10H,6,8H2,(H,18,21). The molecule has 3 aromatic rings. The predicted octanol–water partition coefficient (Wildman–Crippen LogP) is 3.09. The maximum absolute atomic E-state index is 12.1. The summed E-state index contributed by atoms with van der Waals surface area (Å²) in [6.07, 6.45) is 6.86. The van der Waals surface area contributed by atoms with E-state index in [1.54, 1.807) is 18.7 Å². The number of carbonyl (C=O) groups is 1. The smallest absolute Gasteiger partial charge is 0.263 e. The van der Waals surface area contributed by atoms with E-state index in [0.717, 1.165) is 10.6 Å². The van der Waals surface area contributed by atoms with E-state index in [0.29, 0.717) is 23.0 Å². The van der Waals surface area contributed by atoms with Gasteiger partial charge in [-0.1, -0.05) is 29.8 Å². The number of hydrogen-bond donors (Lipinski definition) is 1. The van der Waals surface area contributed by atoms with Crippen LogP contribution in [0.1, 0.15) is 9.67 Å². The summed E-state index contributed by atoms with van der Waals surface area (Å²) in [4.78, 5) is 20.9. The van der Waals surface area contributed by atoms with Crippen LogP contribution in [-0.4, -0.2) is 27.0 Å². The molecule has 1 amide bonds. The fourth-order valence-electron chi connectivity index (χ4n) is 1.94. The Bertz CT molecular complexity index is 769. The average molecular weight is 333 g/mol. The zero-order chi connectivity index (χ0) is 15.4. The molecule has 0 spiro atoms. The number of halogens is 1. The minimum Gasteiger partial charge on any atom is -0.349 e. The molecular formula is C15H13ClN4OS. The third-order valence-corrected chi connectivity index (χ3v) is 4.41. The summed E-state index contributed by atoms with van der Waals surface area (Å²) in [5.74, 6) is -0.129. The second-order valence-electron chi connectivity index (χ2n) is 4.57. The Balaban J connectivity index is 1.63. The van der Waals surface area contributed by atoms with Crippen LogP contribution < -0.4 is 5.32 Å². The topological polar surface area (TPSA) is 59.8 Å². The maximum Gasteiger partial charge on any atom is 0.263 e. The molecule has 0 fully saturated rings. The molecule has 0 saturated heterocycles. The quantitative estimate of drug-likeness (QED) is 0.781. The molecule has 1 aromatic carbocycles. The lowest BCUT2D eigenvalue weighted by Crippen LogP contribution is -2.26. The van der Waals surface area contributed by atoms with Gasteiger partial charge in [0.15, 0.2) is 0 Å². The SMILES string of the molecule is O=C(NCCn1ccnc1)c1cnc(-c2ccccc2Cl)s1. The Kier molecular flexibility index (Phi) is 4.50. The van der Waals surface area contributed by atoms with Crippen LogP contribution in [0, 0.1) is 0 Å². The zero-order valence-corrected chi connectivity index (χ0v) is 13.1.